The molecular weight excluding hydrogens is 446 g/mol. The van der Waals surface area contributed by atoms with Crippen LogP contribution in [-0.2, 0) is 23.1 Å². The monoisotopic (exact) mass is 471 g/mol. The minimum absolute atomic E-state index is 0.0206. The second-order valence-corrected chi connectivity index (χ2v) is 9.93. The third-order valence-corrected chi connectivity index (χ3v) is 7.18. The molecule has 4 aromatic rings. The summed E-state index contributed by atoms with van der Waals surface area (Å²) in [5.41, 5.74) is 2.82. The van der Waals surface area contributed by atoms with Crippen LogP contribution in [0.4, 0.5) is 5.82 Å². The number of ketones is 1. The molecule has 0 fully saturated rings. The Morgan fingerprint density at radius 2 is 1.88 bits per heavy atom. The van der Waals surface area contributed by atoms with Crippen LogP contribution in [0.1, 0.15) is 47.6 Å². The number of amides is 1. The lowest BCUT2D eigenvalue weighted by Crippen LogP contribution is -2.39. The number of aromatic nitrogens is 4. The number of thioether (sulfide) groups is 1. The quantitative estimate of drug-likeness (QED) is 0.417. The molecule has 0 radical (unpaired) electrons. The highest BCUT2D eigenvalue weighted by molar-refractivity contribution is 7.99. The summed E-state index contributed by atoms with van der Waals surface area (Å²) in [7, 11) is 0. The van der Waals surface area contributed by atoms with E-state index in [0.717, 1.165) is 11.3 Å². The van der Waals surface area contributed by atoms with Gasteiger partial charge in [-0.2, -0.15) is 0 Å². The number of imidazole rings is 1. The Balaban J connectivity index is 1.32. The molecule has 0 saturated carbocycles. The molecular formula is C26H25N5O2S. The number of nitrogens with one attached hydrogen (secondary N) is 1. The van der Waals surface area contributed by atoms with Gasteiger partial charge in [0.15, 0.2) is 11.4 Å². The fourth-order valence-electron chi connectivity index (χ4n) is 4.46. The van der Waals surface area contributed by atoms with Gasteiger partial charge in [0.25, 0.3) is 0 Å². The molecule has 8 heteroatoms. The summed E-state index contributed by atoms with van der Waals surface area (Å²) in [4.78, 5) is 40.8. The van der Waals surface area contributed by atoms with Gasteiger partial charge in [-0.15, -0.1) is 11.8 Å². The third-order valence-electron chi connectivity index (χ3n) is 6.28. The van der Waals surface area contributed by atoms with Gasteiger partial charge in [0.1, 0.15) is 5.82 Å². The van der Waals surface area contributed by atoms with Crippen LogP contribution >= 0.6 is 11.8 Å². The Bertz CT molecular complexity index is 1380. The number of pyridine rings is 1. The van der Waals surface area contributed by atoms with Crippen molar-refractivity contribution in [1.82, 2.24) is 19.4 Å². The average Bonchev–Trinajstić information content (AvgIpc) is 3.32. The van der Waals surface area contributed by atoms with Crippen LogP contribution in [0.2, 0.25) is 0 Å². The van der Waals surface area contributed by atoms with Crippen LogP contribution in [0, 0.1) is 0 Å². The lowest BCUT2D eigenvalue weighted by molar-refractivity contribution is -0.115. The number of carbonyl (C=O) groups is 2. The first-order valence-electron chi connectivity index (χ1n) is 11.3. The van der Waals surface area contributed by atoms with Crippen LogP contribution in [-0.4, -0.2) is 36.8 Å². The molecule has 172 valence electrons. The van der Waals surface area contributed by atoms with Gasteiger partial charge in [-0.25, -0.2) is 9.97 Å². The minimum Gasteiger partial charge on any atom is -0.310 e. The van der Waals surface area contributed by atoms with Crippen molar-refractivity contribution >= 4 is 34.9 Å². The van der Waals surface area contributed by atoms with E-state index in [2.05, 4.69) is 27.2 Å². The lowest BCUT2D eigenvalue weighted by atomic mass is 9.71. The van der Waals surface area contributed by atoms with Gasteiger partial charge in [0.2, 0.25) is 5.91 Å². The summed E-state index contributed by atoms with van der Waals surface area (Å²) in [6.07, 6.45) is 8.54. The molecule has 5 rings (SSSR count). The van der Waals surface area contributed by atoms with Crippen molar-refractivity contribution in [2.75, 3.05) is 11.1 Å². The van der Waals surface area contributed by atoms with Gasteiger partial charge in [-0.1, -0.05) is 19.1 Å². The molecule has 1 N–H and O–H groups in total. The number of aryl methyl sites for hydroxylation is 1. The van der Waals surface area contributed by atoms with Gasteiger partial charge in [0, 0.05) is 35.2 Å². The van der Waals surface area contributed by atoms with Crippen molar-refractivity contribution in [3.05, 3.63) is 83.7 Å². The van der Waals surface area contributed by atoms with Crippen molar-refractivity contribution in [1.29, 1.82) is 0 Å². The Morgan fingerprint density at radius 3 is 2.65 bits per heavy atom. The molecule has 1 atom stereocenters. The molecule has 1 unspecified atom stereocenters. The maximum Gasteiger partial charge on any atom is 0.229 e. The number of Topliss-reactive ketones (excluding diaryl/α,β-unsaturated/α-hetero) is 1. The molecule has 0 saturated heterocycles. The number of benzene rings is 1. The first kappa shape index (κ1) is 22.3. The fourth-order valence-corrected chi connectivity index (χ4v) is 5.12. The SMILES string of the molecule is CCSc1ccc(CC(=O)Nc2ccc3c(n2)CCC(C)(c2nccn4ccnc24)C3=O)cc1. The molecule has 1 amide bonds. The summed E-state index contributed by atoms with van der Waals surface area (Å²) in [6.45, 7) is 4.04. The normalized spacial score (nSPS) is 17.5. The molecule has 0 spiro atoms. The van der Waals surface area contributed by atoms with E-state index in [1.165, 1.54) is 4.90 Å². The molecule has 0 bridgehead atoms. The number of rotatable bonds is 6. The topological polar surface area (TPSA) is 89.2 Å². The lowest BCUT2D eigenvalue weighted by Gasteiger charge is -2.32. The molecule has 1 aliphatic carbocycles. The number of carbonyl (C=O) groups excluding carboxylic acids is 2. The van der Waals surface area contributed by atoms with E-state index in [9.17, 15) is 9.59 Å². The number of nitrogens with zero attached hydrogens (tertiary/aromatic N) is 4. The van der Waals surface area contributed by atoms with Gasteiger partial charge < -0.3 is 9.72 Å². The molecule has 1 aromatic carbocycles. The average molecular weight is 472 g/mol. The van der Waals surface area contributed by atoms with E-state index >= 15 is 0 Å². The van der Waals surface area contributed by atoms with Gasteiger partial charge in [0.05, 0.1) is 23.2 Å². The summed E-state index contributed by atoms with van der Waals surface area (Å²) in [5.74, 6) is 1.33. The summed E-state index contributed by atoms with van der Waals surface area (Å²) in [5, 5.41) is 2.88. The molecule has 0 aliphatic heterocycles. The Morgan fingerprint density at radius 1 is 1.12 bits per heavy atom. The van der Waals surface area contributed by atoms with Gasteiger partial charge >= 0.3 is 0 Å². The van der Waals surface area contributed by atoms with E-state index in [4.69, 9.17) is 0 Å². The van der Waals surface area contributed by atoms with E-state index in [0.29, 0.717) is 41.3 Å². The zero-order chi connectivity index (χ0) is 23.7. The van der Waals surface area contributed by atoms with Gasteiger partial charge in [-0.3, -0.25) is 14.6 Å². The summed E-state index contributed by atoms with van der Waals surface area (Å²) in [6, 6.07) is 11.5. The third kappa shape index (κ3) is 4.09. The summed E-state index contributed by atoms with van der Waals surface area (Å²) >= 11 is 1.77. The van der Waals surface area contributed by atoms with Crippen LogP contribution in [0.3, 0.4) is 0 Å². The van der Waals surface area contributed by atoms with Crippen molar-refractivity contribution in [3.63, 3.8) is 0 Å². The number of fused-ring (bicyclic) bond motifs is 2. The van der Waals surface area contributed by atoms with E-state index in [1.807, 2.05) is 48.0 Å². The van der Waals surface area contributed by atoms with Crippen LogP contribution in [0.25, 0.3) is 5.65 Å². The van der Waals surface area contributed by atoms with Crippen LogP contribution in [0.15, 0.2) is 66.1 Å². The Hall–Kier alpha value is -3.52. The second kappa shape index (κ2) is 9.02. The maximum atomic E-state index is 13.5. The van der Waals surface area contributed by atoms with E-state index < -0.39 is 5.41 Å². The number of hydrogen-bond acceptors (Lipinski definition) is 6. The molecule has 3 heterocycles. The smallest absolute Gasteiger partial charge is 0.229 e. The Kier molecular flexibility index (Phi) is 5.91. The highest BCUT2D eigenvalue weighted by Gasteiger charge is 2.43. The van der Waals surface area contributed by atoms with Crippen LogP contribution < -0.4 is 5.32 Å². The fraction of sp³-hybridized carbons (Fsp3) is 0.269. The standard InChI is InChI=1S/C26H25N5O2S/c1-3-34-18-6-4-17(5-7-18)16-22(32)30-21-9-8-19-20(29-21)10-11-26(2,24(19)33)23-25-28-13-15-31(25)14-12-27-23/h4-9,12-15H,3,10-11,16H2,1-2H3,(H,29,30,32). The molecule has 1 aliphatic rings. The van der Waals surface area contributed by atoms with E-state index in [1.54, 1.807) is 36.3 Å². The zero-order valence-corrected chi connectivity index (χ0v) is 19.9. The minimum atomic E-state index is -0.782. The predicted octanol–water partition coefficient (Wildman–Crippen LogP) is 4.50. The predicted molar refractivity (Wildman–Crippen MR) is 132 cm³/mol. The molecule has 3 aromatic heterocycles. The molecule has 34 heavy (non-hydrogen) atoms. The Labute approximate surface area is 202 Å². The summed E-state index contributed by atoms with van der Waals surface area (Å²) < 4.78 is 1.88. The zero-order valence-electron chi connectivity index (χ0n) is 19.1. The van der Waals surface area contributed by atoms with Gasteiger partial charge in [-0.05, 0) is 55.3 Å². The first-order valence-corrected chi connectivity index (χ1v) is 12.3. The van der Waals surface area contributed by atoms with Crippen LogP contribution in [0.5, 0.6) is 0 Å². The van der Waals surface area contributed by atoms with E-state index in [-0.39, 0.29) is 18.1 Å². The van der Waals surface area contributed by atoms with Crippen molar-refractivity contribution < 1.29 is 9.59 Å². The maximum absolute atomic E-state index is 13.5. The van der Waals surface area contributed by atoms with Crippen molar-refractivity contribution in [2.24, 2.45) is 0 Å². The highest BCUT2D eigenvalue weighted by Crippen LogP contribution is 2.38. The van der Waals surface area contributed by atoms with Crippen molar-refractivity contribution in [3.8, 4) is 0 Å². The highest BCUT2D eigenvalue weighted by atomic mass is 32.2. The first-order chi connectivity index (χ1) is 16.5. The molecule has 7 nitrogen and oxygen atoms in total. The number of anilines is 1. The largest absolute Gasteiger partial charge is 0.310 e. The van der Waals surface area contributed by atoms with Crippen molar-refractivity contribution in [2.45, 2.75) is 43.4 Å². The second-order valence-electron chi connectivity index (χ2n) is 8.59. The number of hydrogen-bond donors (Lipinski definition) is 1.